The van der Waals surface area contributed by atoms with Gasteiger partial charge in [-0.25, -0.2) is 0 Å². The van der Waals surface area contributed by atoms with Gasteiger partial charge in [-0.05, 0) is 17.4 Å². The van der Waals surface area contributed by atoms with Gasteiger partial charge in [-0.2, -0.15) is 0 Å². The molecule has 0 aromatic carbocycles. The molecule has 3 N–H and O–H groups in total. The van der Waals surface area contributed by atoms with Crippen LogP contribution in [0.3, 0.4) is 0 Å². The molecule has 1 heterocycles. The van der Waals surface area contributed by atoms with Gasteiger partial charge in [-0.1, -0.05) is 25.7 Å². The second-order valence-electron chi connectivity index (χ2n) is 4.67. The summed E-state index contributed by atoms with van der Waals surface area (Å²) in [4.78, 5) is 25.5. The molecule has 2 amide bonds. The topological polar surface area (TPSA) is 83.6 Å². The Kier molecular flexibility index (Phi) is 6.22. The zero-order chi connectivity index (χ0) is 15.1. The number of carbonyl (C=O) groups is 2. The molecular formula is C14H18N2O3S. The highest BCUT2D eigenvalue weighted by atomic mass is 32.1. The summed E-state index contributed by atoms with van der Waals surface area (Å²) >= 11 is 1.26. The zero-order valence-corrected chi connectivity index (χ0v) is 12.4. The molecule has 0 bridgehead atoms. The quantitative estimate of drug-likeness (QED) is 0.783. The number of hydrogen-bond donors (Lipinski definition) is 2. The Morgan fingerprint density at radius 2 is 2.20 bits per heavy atom. The van der Waals surface area contributed by atoms with Gasteiger partial charge in [0.05, 0.1) is 6.54 Å². The third-order valence-corrected chi connectivity index (χ3v) is 3.28. The van der Waals surface area contributed by atoms with E-state index in [4.69, 9.17) is 10.8 Å². The Hall–Kier alpha value is -1.84. The van der Waals surface area contributed by atoms with Crippen LogP contribution >= 0.6 is 11.3 Å². The van der Waals surface area contributed by atoms with Crippen LogP contribution in [0.1, 0.15) is 29.1 Å². The fourth-order valence-electron chi connectivity index (χ4n) is 1.70. The third-order valence-electron chi connectivity index (χ3n) is 2.38. The number of rotatable bonds is 5. The number of thiophene rings is 1. The number of nitrogens with zero attached hydrogens (tertiary/aromatic N) is 1. The molecule has 20 heavy (non-hydrogen) atoms. The highest BCUT2D eigenvalue weighted by Gasteiger charge is 2.21. The summed E-state index contributed by atoms with van der Waals surface area (Å²) in [5.41, 5.74) is 5.75. The summed E-state index contributed by atoms with van der Waals surface area (Å²) in [6, 6.07) is 1.72. The van der Waals surface area contributed by atoms with Crippen molar-refractivity contribution < 1.29 is 14.7 Å². The minimum absolute atomic E-state index is 0.109. The van der Waals surface area contributed by atoms with Crippen LogP contribution in [-0.2, 0) is 4.79 Å². The summed E-state index contributed by atoms with van der Waals surface area (Å²) in [6.07, 6.45) is 0. The molecule has 6 heteroatoms. The predicted molar refractivity (Wildman–Crippen MR) is 78.2 cm³/mol. The Morgan fingerprint density at radius 1 is 1.50 bits per heavy atom. The third kappa shape index (κ3) is 4.68. The second kappa shape index (κ2) is 7.68. The van der Waals surface area contributed by atoms with Gasteiger partial charge >= 0.3 is 0 Å². The molecule has 0 unspecified atom stereocenters. The van der Waals surface area contributed by atoms with E-state index in [-0.39, 0.29) is 25.0 Å². The first-order valence-corrected chi connectivity index (χ1v) is 7.08. The Bertz CT molecular complexity index is 540. The fourth-order valence-corrected chi connectivity index (χ4v) is 2.52. The maximum atomic E-state index is 12.5. The van der Waals surface area contributed by atoms with Crippen molar-refractivity contribution >= 4 is 23.2 Å². The van der Waals surface area contributed by atoms with E-state index in [0.717, 1.165) is 0 Å². The van der Waals surface area contributed by atoms with Crippen LogP contribution in [0.15, 0.2) is 11.4 Å². The molecule has 0 radical (unpaired) electrons. The number of aliphatic hydroxyl groups excluding tert-OH is 1. The molecule has 0 saturated heterocycles. The van der Waals surface area contributed by atoms with Crippen molar-refractivity contribution in [3.8, 4) is 11.8 Å². The van der Waals surface area contributed by atoms with Gasteiger partial charge in [0.25, 0.3) is 5.91 Å². The van der Waals surface area contributed by atoms with Crippen molar-refractivity contribution in [3.05, 3.63) is 21.9 Å². The summed E-state index contributed by atoms with van der Waals surface area (Å²) in [5, 5.41) is 10.5. The Balaban J connectivity index is 2.99. The molecule has 1 aromatic heterocycles. The first-order valence-electron chi connectivity index (χ1n) is 6.20. The van der Waals surface area contributed by atoms with E-state index in [0.29, 0.717) is 17.0 Å². The van der Waals surface area contributed by atoms with Crippen molar-refractivity contribution in [3.63, 3.8) is 0 Å². The summed E-state index contributed by atoms with van der Waals surface area (Å²) in [6.45, 7) is 4.00. The minimum Gasteiger partial charge on any atom is -0.384 e. The molecule has 0 atom stereocenters. The van der Waals surface area contributed by atoms with E-state index in [1.165, 1.54) is 16.2 Å². The van der Waals surface area contributed by atoms with Gasteiger partial charge in [0.15, 0.2) is 0 Å². The Morgan fingerprint density at radius 3 is 2.75 bits per heavy atom. The molecule has 1 aromatic rings. The smallest absolute Gasteiger partial charge is 0.265 e. The number of amides is 2. The molecule has 0 aliphatic heterocycles. The van der Waals surface area contributed by atoms with Crippen molar-refractivity contribution in [2.45, 2.75) is 13.8 Å². The molecule has 0 saturated carbocycles. The first-order chi connectivity index (χ1) is 9.45. The van der Waals surface area contributed by atoms with Crippen molar-refractivity contribution in [1.29, 1.82) is 0 Å². The number of nitrogens with two attached hydrogens (primary N) is 1. The number of primary amides is 1. The van der Waals surface area contributed by atoms with Gasteiger partial charge in [0, 0.05) is 12.1 Å². The van der Waals surface area contributed by atoms with Gasteiger partial charge < -0.3 is 15.7 Å². The van der Waals surface area contributed by atoms with Crippen LogP contribution < -0.4 is 5.73 Å². The number of aliphatic hydroxyl groups is 1. The first kappa shape index (κ1) is 16.2. The van der Waals surface area contributed by atoms with Crippen LogP contribution in [0, 0.1) is 17.8 Å². The molecule has 0 aliphatic rings. The average Bonchev–Trinajstić information content (AvgIpc) is 2.81. The maximum Gasteiger partial charge on any atom is 0.265 e. The largest absolute Gasteiger partial charge is 0.384 e. The highest BCUT2D eigenvalue weighted by molar-refractivity contribution is 7.12. The van der Waals surface area contributed by atoms with Crippen molar-refractivity contribution in [2.24, 2.45) is 11.7 Å². The van der Waals surface area contributed by atoms with Crippen LogP contribution in [0.4, 0.5) is 0 Å². The lowest BCUT2D eigenvalue weighted by Gasteiger charge is -2.22. The fraction of sp³-hybridized carbons (Fsp3) is 0.429. The standard InChI is InChI=1S/C14H18N2O3S/c1-10(2)8-16(9-12(15)18)14(19)13-11(4-3-6-17)5-7-20-13/h5,7,10,17H,6,8-9H2,1-2H3,(H2,15,18). The van der Waals surface area contributed by atoms with E-state index < -0.39 is 5.91 Å². The average molecular weight is 294 g/mol. The molecule has 1 rings (SSSR count). The van der Waals surface area contributed by atoms with Crippen LogP contribution in [0.25, 0.3) is 0 Å². The lowest BCUT2D eigenvalue weighted by molar-refractivity contribution is -0.118. The minimum atomic E-state index is -0.543. The molecule has 0 aliphatic carbocycles. The van der Waals surface area contributed by atoms with E-state index in [1.807, 2.05) is 13.8 Å². The van der Waals surface area contributed by atoms with Crippen molar-refractivity contribution in [1.82, 2.24) is 4.90 Å². The normalized spacial score (nSPS) is 10.0. The second-order valence-corrected chi connectivity index (χ2v) is 5.59. The Labute approximate surface area is 122 Å². The van der Waals surface area contributed by atoms with E-state index in [1.54, 1.807) is 11.4 Å². The summed E-state index contributed by atoms with van der Waals surface area (Å²) in [5.74, 6) is 4.68. The molecule has 0 fully saturated rings. The van der Waals surface area contributed by atoms with Gasteiger partial charge in [0.1, 0.15) is 11.5 Å². The van der Waals surface area contributed by atoms with Crippen LogP contribution in [0.5, 0.6) is 0 Å². The maximum absolute atomic E-state index is 12.5. The molecule has 0 spiro atoms. The van der Waals surface area contributed by atoms with Crippen LogP contribution in [0.2, 0.25) is 0 Å². The SMILES string of the molecule is CC(C)CN(CC(N)=O)C(=O)c1sccc1C#CCO. The van der Waals surface area contributed by atoms with Crippen molar-refractivity contribution in [2.75, 3.05) is 19.7 Å². The summed E-state index contributed by atoms with van der Waals surface area (Å²) in [7, 11) is 0. The van der Waals surface area contributed by atoms with Gasteiger partial charge in [0.2, 0.25) is 5.91 Å². The van der Waals surface area contributed by atoms with Gasteiger partial charge in [-0.15, -0.1) is 11.3 Å². The van der Waals surface area contributed by atoms with Gasteiger partial charge in [-0.3, -0.25) is 9.59 Å². The monoisotopic (exact) mass is 294 g/mol. The molecule has 108 valence electrons. The zero-order valence-electron chi connectivity index (χ0n) is 11.5. The number of hydrogen-bond acceptors (Lipinski definition) is 4. The van der Waals surface area contributed by atoms with Crippen LogP contribution in [-0.4, -0.2) is 41.5 Å². The van der Waals surface area contributed by atoms with E-state index >= 15 is 0 Å². The predicted octanol–water partition coefficient (Wildman–Crippen LogP) is 0.675. The number of carbonyl (C=O) groups excluding carboxylic acids is 2. The highest BCUT2D eigenvalue weighted by Crippen LogP contribution is 2.19. The lowest BCUT2D eigenvalue weighted by atomic mass is 10.2. The molecular weight excluding hydrogens is 276 g/mol. The summed E-state index contributed by atoms with van der Waals surface area (Å²) < 4.78 is 0. The lowest BCUT2D eigenvalue weighted by Crippen LogP contribution is -2.40. The van der Waals surface area contributed by atoms with E-state index in [9.17, 15) is 9.59 Å². The van der Waals surface area contributed by atoms with E-state index in [2.05, 4.69) is 11.8 Å². The molecule has 5 nitrogen and oxygen atoms in total.